The number of anilines is 2. The van der Waals surface area contributed by atoms with E-state index in [1.807, 2.05) is 42.2 Å². The highest BCUT2D eigenvalue weighted by Crippen LogP contribution is 2.31. The van der Waals surface area contributed by atoms with E-state index in [4.69, 9.17) is 19.7 Å². The number of piperidine rings is 1. The monoisotopic (exact) mass is 505 g/mol. The Morgan fingerprint density at radius 3 is 2.56 bits per heavy atom. The number of hydrogen-bond acceptors (Lipinski definition) is 8. The number of thiazole rings is 1. The molecule has 1 amide bonds. The molecule has 1 aromatic heterocycles. The van der Waals surface area contributed by atoms with Gasteiger partial charge in [-0.25, -0.2) is 4.98 Å². The molecule has 9 heteroatoms. The number of amides is 1. The minimum atomic E-state index is 0.0637. The molecule has 0 atom stereocenters. The normalized spacial score (nSPS) is 16.9. The Morgan fingerprint density at radius 1 is 1.08 bits per heavy atom. The fourth-order valence-corrected chi connectivity index (χ4v) is 5.83. The van der Waals surface area contributed by atoms with Crippen LogP contribution in [0.15, 0.2) is 36.4 Å². The molecule has 0 aliphatic carbocycles. The number of hydrogen-bond donors (Lipinski definition) is 0. The van der Waals surface area contributed by atoms with Crippen molar-refractivity contribution in [1.82, 2.24) is 9.88 Å². The summed E-state index contributed by atoms with van der Waals surface area (Å²) in [6, 6.07) is 14.2. The SMILES string of the molecule is COc1ccc2sc(N3CCN(C(=O)COC4CCN(c5ccc(C#N)c(C)c5)CC4)CC3)nc2c1. The van der Waals surface area contributed by atoms with Crippen molar-refractivity contribution in [2.75, 3.05) is 62.8 Å². The van der Waals surface area contributed by atoms with E-state index < -0.39 is 0 Å². The fourth-order valence-electron chi connectivity index (χ4n) is 4.84. The van der Waals surface area contributed by atoms with E-state index >= 15 is 0 Å². The molecule has 5 rings (SSSR count). The first kappa shape index (κ1) is 24.3. The lowest BCUT2D eigenvalue weighted by Crippen LogP contribution is -2.50. The lowest BCUT2D eigenvalue weighted by Gasteiger charge is -2.36. The maximum Gasteiger partial charge on any atom is 0.248 e. The van der Waals surface area contributed by atoms with E-state index in [0.29, 0.717) is 13.1 Å². The second-order valence-electron chi connectivity index (χ2n) is 9.31. The standard InChI is InChI=1S/C27H31N5O3S/c1-19-15-21(4-3-20(19)17-28)30-9-7-22(8-10-30)35-18-26(33)31-11-13-32(14-12-31)27-29-24-16-23(34-2)5-6-25(24)36-27/h3-6,15-16,22H,7-14,18H2,1-2H3. The molecule has 0 N–H and O–H groups in total. The summed E-state index contributed by atoms with van der Waals surface area (Å²) < 4.78 is 12.5. The van der Waals surface area contributed by atoms with E-state index in [-0.39, 0.29) is 18.6 Å². The summed E-state index contributed by atoms with van der Waals surface area (Å²) >= 11 is 1.68. The number of benzene rings is 2. The topological polar surface area (TPSA) is 81.9 Å². The van der Waals surface area contributed by atoms with E-state index in [0.717, 1.165) is 76.9 Å². The number of methoxy groups -OCH3 is 1. The third kappa shape index (κ3) is 5.25. The number of carbonyl (C=O) groups excluding carboxylic acids is 1. The second-order valence-corrected chi connectivity index (χ2v) is 10.3. The number of fused-ring (bicyclic) bond motifs is 1. The van der Waals surface area contributed by atoms with Crippen molar-refractivity contribution in [3.63, 3.8) is 0 Å². The highest BCUT2D eigenvalue weighted by molar-refractivity contribution is 7.22. The molecule has 0 spiro atoms. The predicted molar refractivity (Wildman–Crippen MR) is 142 cm³/mol. The molecular formula is C27H31N5O3S. The van der Waals surface area contributed by atoms with Crippen LogP contribution in [0.3, 0.4) is 0 Å². The Kier molecular flexibility index (Phi) is 7.25. The lowest BCUT2D eigenvalue weighted by molar-refractivity contribution is -0.138. The zero-order chi connectivity index (χ0) is 25.1. The average molecular weight is 506 g/mol. The number of carbonyl (C=O) groups is 1. The van der Waals surface area contributed by atoms with Gasteiger partial charge in [-0.2, -0.15) is 5.26 Å². The zero-order valence-corrected chi connectivity index (χ0v) is 21.6. The number of nitrogens with zero attached hydrogens (tertiary/aromatic N) is 5. The van der Waals surface area contributed by atoms with Gasteiger partial charge < -0.3 is 24.2 Å². The zero-order valence-electron chi connectivity index (χ0n) is 20.8. The summed E-state index contributed by atoms with van der Waals surface area (Å²) in [5.41, 5.74) is 3.81. The lowest BCUT2D eigenvalue weighted by atomic mass is 10.0. The molecule has 0 bridgehead atoms. The van der Waals surface area contributed by atoms with Crippen LogP contribution in [0.1, 0.15) is 24.0 Å². The van der Waals surface area contributed by atoms with Gasteiger partial charge in [0.15, 0.2) is 5.13 Å². The van der Waals surface area contributed by atoms with Gasteiger partial charge >= 0.3 is 0 Å². The highest BCUT2D eigenvalue weighted by Gasteiger charge is 2.25. The summed E-state index contributed by atoms with van der Waals surface area (Å²) in [6.45, 7) is 6.78. The Hall–Kier alpha value is -3.35. The maximum atomic E-state index is 12.8. The fraction of sp³-hybridized carbons (Fsp3) is 0.444. The molecule has 2 fully saturated rings. The summed E-state index contributed by atoms with van der Waals surface area (Å²) in [4.78, 5) is 24.1. The Morgan fingerprint density at radius 2 is 1.86 bits per heavy atom. The minimum absolute atomic E-state index is 0.0637. The molecule has 2 saturated heterocycles. The predicted octanol–water partition coefficient (Wildman–Crippen LogP) is 3.82. The van der Waals surface area contributed by atoms with Crippen molar-refractivity contribution in [2.45, 2.75) is 25.9 Å². The molecule has 0 radical (unpaired) electrons. The van der Waals surface area contributed by atoms with Crippen LogP contribution in [-0.4, -0.2) is 74.9 Å². The van der Waals surface area contributed by atoms with Crippen LogP contribution in [0, 0.1) is 18.3 Å². The summed E-state index contributed by atoms with van der Waals surface area (Å²) in [5.74, 6) is 0.874. The van der Waals surface area contributed by atoms with Gasteiger partial charge in [0.2, 0.25) is 5.91 Å². The number of ether oxygens (including phenoxy) is 2. The van der Waals surface area contributed by atoms with E-state index in [9.17, 15) is 4.79 Å². The Labute approximate surface area is 215 Å². The van der Waals surface area contributed by atoms with Crippen LogP contribution >= 0.6 is 11.3 Å². The van der Waals surface area contributed by atoms with Gasteiger partial charge in [0.05, 0.1) is 35.1 Å². The average Bonchev–Trinajstić information content (AvgIpc) is 3.35. The van der Waals surface area contributed by atoms with Gasteiger partial charge in [-0.1, -0.05) is 11.3 Å². The van der Waals surface area contributed by atoms with Crippen LogP contribution in [0.4, 0.5) is 10.8 Å². The molecule has 2 aliphatic heterocycles. The number of aromatic nitrogens is 1. The quantitative estimate of drug-likeness (QED) is 0.504. The van der Waals surface area contributed by atoms with Gasteiger partial charge in [0, 0.05) is 51.0 Å². The third-order valence-electron chi connectivity index (χ3n) is 7.07. The van der Waals surface area contributed by atoms with Gasteiger partial charge in [-0.3, -0.25) is 4.79 Å². The van der Waals surface area contributed by atoms with E-state index in [1.165, 1.54) is 0 Å². The smallest absolute Gasteiger partial charge is 0.248 e. The molecule has 0 unspecified atom stereocenters. The van der Waals surface area contributed by atoms with Gasteiger partial charge in [-0.15, -0.1) is 0 Å². The molecule has 8 nitrogen and oxygen atoms in total. The molecule has 0 saturated carbocycles. The number of piperazine rings is 1. The first-order valence-electron chi connectivity index (χ1n) is 12.4. The Bertz CT molecular complexity index is 1270. The van der Waals surface area contributed by atoms with E-state index in [1.54, 1.807) is 18.4 Å². The molecule has 2 aliphatic rings. The van der Waals surface area contributed by atoms with Crippen LogP contribution in [0.25, 0.3) is 10.2 Å². The molecular weight excluding hydrogens is 474 g/mol. The number of aryl methyl sites for hydroxylation is 1. The van der Waals surface area contributed by atoms with E-state index in [2.05, 4.69) is 21.9 Å². The minimum Gasteiger partial charge on any atom is -0.497 e. The maximum absolute atomic E-state index is 12.8. The van der Waals surface area contributed by atoms with Crippen molar-refractivity contribution in [1.29, 1.82) is 5.26 Å². The van der Waals surface area contributed by atoms with Crippen molar-refractivity contribution in [3.05, 3.63) is 47.5 Å². The number of rotatable bonds is 6. The van der Waals surface area contributed by atoms with Crippen LogP contribution in [-0.2, 0) is 9.53 Å². The molecule has 3 aromatic rings. The first-order chi connectivity index (χ1) is 17.5. The molecule has 36 heavy (non-hydrogen) atoms. The van der Waals surface area contributed by atoms with Gasteiger partial charge in [0.25, 0.3) is 0 Å². The summed E-state index contributed by atoms with van der Waals surface area (Å²) in [7, 11) is 1.66. The van der Waals surface area contributed by atoms with Crippen molar-refractivity contribution < 1.29 is 14.3 Å². The summed E-state index contributed by atoms with van der Waals surface area (Å²) in [6.07, 6.45) is 1.89. The first-order valence-corrected chi connectivity index (χ1v) is 13.2. The largest absolute Gasteiger partial charge is 0.497 e. The summed E-state index contributed by atoms with van der Waals surface area (Å²) in [5, 5.41) is 10.1. The number of nitriles is 1. The van der Waals surface area contributed by atoms with Crippen LogP contribution in [0.5, 0.6) is 5.75 Å². The van der Waals surface area contributed by atoms with Crippen LogP contribution < -0.4 is 14.5 Å². The molecule has 188 valence electrons. The van der Waals surface area contributed by atoms with Crippen molar-refractivity contribution in [3.8, 4) is 11.8 Å². The highest BCUT2D eigenvalue weighted by atomic mass is 32.1. The Balaban J connectivity index is 1.06. The molecule has 2 aromatic carbocycles. The van der Waals surface area contributed by atoms with Gasteiger partial charge in [-0.05, 0) is 55.7 Å². The van der Waals surface area contributed by atoms with Crippen molar-refractivity contribution in [2.24, 2.45) is 0 Å². The third-order valence-corrected chi connectivity index (χ3v) is 8.16. The molecule has 3 heterocycles. The van der Waals surface area contributed by atoms with Crippen LogP contribution in [0.2, 0.25) is 0 Å². The van der Waals surface area contributed by atoms with Gasteiger partial charge in [0.1, 0.15) is 12.4 Å². The second kappa shape index (κ2) is 10.7. The van der Waals surface area contributed by atoms with Crippen molar-refractivity contribution >= 4 is 38.3 Å².